The maximum atomic E-state index is 11.5. The summed E-state index contributed by atoms with van der Waals surface area (Å²) in [5.41, 5.74) is 0. The first kappa shape index (κ1) is 10.4. The van der Waals surface area contributed by atoms with Crippen molar-refractivity contribution >= 4 is 35.6 Å². The molecule has 9 heavy (non-hydrogen) atoms. The van der Waals surface area contributed by atoms with E-state index in [9.17, 15) is 16.8 Å². The summed E-state index contributed by atoms with van der Waals surface area (Å²) in [7, 11) is -4.38. The first-order chi connectivity index (χ1) is 4.24. The van der Waals surface area contributed by atoms with Crippen LogP contribution in [0, 0.1) is 0 Å². The molecule has 56 valence electrons. The van der Waals surface area contributed by atoms with Gasteiger partial charge in [0.15, 0.2) is 0 Å². The van der Waals surface area contributed by atoms with Crippen LogP contribution in [0.15, 0.2) is 0 Å². The molecule has 0 saturated carbocycles. The number of halogens is 4. The standard InChI is InChI=1S/CF4P4/c2-6-1(7-3,8-4)9-5/q-4. The second kappa shape index (κ2) is 5.14. The van der Waals surface area contributed by atoms with E-state index in [-0.39, 0.29) is 0 Å². The normalized spacial score (nSPS) is 22.7. The third-order valence-electron chi connectivity index (χ3n) is 0.454. The highest BCUT2D eigenvalue weighted by Crippen LogP contribution is 2.69. The van der Waals surface area contributed by atoms with Gasteiger partial charge in [0.05, 0.1) is 0 Å². The Labute approximate surface area is 57.5 Å². The van der Waals surface area contributed by atoms with Gasteiger partial charge in [0.1, 0.15) is 0 Å². The Hall–Kier alpha value is 1.44. The molecule has 0 radical (unpaired) electrons. The Morgan fingerprint density at radius 2 is 0.889 bits per heavy atom. The number of hydrogen-bond donors (Lipinski definition) is 0. The molecule has 0 heterocycles. The van der Waals surface area contributed by atoms with E-state index in [1.165, 1.54) is 0 Å². The zero-order chi connectivity index (χ0) is 7.33. The van der Waals surface area contributed by atoms with Gasteiger partial charge in [-0.2, -0.15) is 0 Å². The van der Waals surface area contributed by atoms with Gasteiger partial charge >= 0.3 is 0 Å². The van der Waals surface area contributed by atoms with Crippen LogP contribution in [0.2, 0.25) is 0 Å². The van der Waals surface area contributed by atoms with E-state index in [4.69, 9.17) is 0 Å². The molecule has 0 unspecified atom stereocenters. The minimum Gasteiger partial charge on any atom is -0.473 e. The summed E-state index contributed by atoms with van der Waals surface area (Å²) < 4.78 is 44.1. The molecule has 0 aliphatic carbocycles. The molecule has 0 fully saturated rings. The van der Waals surface area contributed by atoms with Crippen molar-refractivity contribution in [3.63, 3.8) is 0 Å². The third-order valence-corrected chi connectivity index (χ3v) is 4.08. The summed E-state index contributed by atoms with van der Waals surface area (Å²) in [5, 5.41) is 0. The molecule has 0 bridgehead atoms. The monoisotopic (exact) mass is 212 g/mol. The Morgan fingerprint density at radius 1 is 0.667 bits per heavy atom. The molecule has 0 rings (SSSR count). The van der Waals surface area contributed by atoms with Crippen LogP contribution in [-0.2, 0) is 0 Å². The van der Waals surface area contributed by atoms with E-state index in [1.807, 2.05) is 0 Å². The van der Waals surface area contributed by atoms with Gasteiger partial charge in [0, 0.05) is 0 Å². The summed E-state index contributed by atoms with van der Waals surface area (Å²) in [4.78, 5) is 0. The van der Waals surface area contributed by atoms with Gasteiger partial charge in [0.25, 0.3) is 0 Å². The molecule has 0 aromatic heterocycles. The van der Waals surface area contributed by atoms with Crippen LogP contribution in [0.4, 0.5) is 16.8 Å². The summed E-state index contributed by atoms with van der Waals surface area (Å²) in [6.45, 7) is 0. The van der Waals surface area contributed by atoms with Gasteiger partial charge in [-0.1, -0.05) is 0 Å². The van der Waals surface area contributed by atoms with E-state index in [0.717, 1.165) is 0 Å². The van der Waals surface area contributed by atoms with E-state index in [1.54, 1.807) is 0 Å². The van der Waals surface area contributed by atoms with Gasteiger partial charge < -0.3 is 56.7 Å². The lowest BCUT2D eigenvalue weighted by Gasteiger charge is -2.67. The largest absolute Gasteiger partial charge is 0.473 e. The predicted molar refractivity (Wildman–Crippen MR) is 34.8 cm³/mol. The summed E-state index contributed by atoms with van der Waals surface area (Å²) >= 11 is 0. The molecule has 0 nitrogen and oxygen atoms in total. The van der Waals surface area contributed by atoms with Crippen molar-refractivity contribution in [2.75, 3.05) is 0 Å². The van der Waals surface area contributed by atoms with Gasteiger partial charge in [0.2, 0.25) is 0 Å². The fourth-order valence-electron chi connectivity index (χ4n) is 0.0857. The lowest BCUT2D eigenvalue weighted by atomic mass is 11.8. The molecule has 0 N–H and O–H groups in total. The molecule has 0 amide bonds. The fraction of sp³-hybridized carbons (Fsp3) is 1.00. The molecule has 0 atom stereocenters. The van der Waals surface area contributed by atoms with Gasteiger partial charge in [-0.05, 0) is 0 Å². The first-order valence-corrected chi connectivity index (χ1v) is 4.71. The minimum absolute atomic E-state index is 1.09. The van der Waals surface area contributed by atoms with Gasteiger partial charge in [-0.15, -0.1) is 0 Å². The van der Waals surface area contributed by atoms with Crippen molar-refractivity contribution in [1.29, 1.82) is 0 Å². The number of hydrogen-bond acceptors (Lipinski definition) is 0. The molecular formula is CF4P4-4. The zero-order valence-corrected chi connectivity index (χ0v) is 7.38. The average molecular weight is 212 g/mol. The third kappa shape index (κ3) is 2.89. The van der Waals surface area contributed by atoms with Crippen molar-refractivity contribution in [3.8, 4) is 0 Å². The van der Waals surface area contributed by atoms with Crippen molar-refractivity contribution in [3.05, 3.63) is 0 Å². The molecule has 0 aliphatic rings. The predicted octanol–water partition coefficient (Wildman–Crippen LogP) is 4.92. The second-order valence-electron chi connectivity index (χ2n) is 0.938. The minimum atomic E-state index is -2.11. The summed E-state index contributed by atoms with van der Waals surface area (Å²) in [6, 6.07) is 0. The summed E-state index contributed by atoms with van der Waals surface area (Å²) in [6.07, 6.45) is 0. The molecular weight excluding hydrogens is 212 g/mol. The van der Waals surface area contributed by atoms with Crippen molar-refractivity contribution in [2.45, 2.75) is 4.38 Å². The SMILES string of the molecule is F[P-]C([P-]F)([P-]F)[P-]F. The van der Waals surface area contributed by atoms with Gasteiger partial charge in [-0.3, -0.25) is 0 Å². The molecule has 0 aromatic carbocycles. The molecule has 0 saturated heterocycles. The van der Waals surface area contributed by atoms with Crippen LogP contribution >= 0.6 is 35.6 Å². The lowest BCUT2D eigenvalue weighted by molar-refractivity contribution is 0.856. The van der Waals surface area contributed by atoms with Crippen LogP contribution < -0.4 is 0 Å². The van der Waals surface area contributed by atoms with E-state index < -0.39 is 39.9 Å². The van der Waals surface area contributed by atoms with E-state index >= 15 is 0 Å². The average Bonchev–Trinajstić information content (AvgIpc) is 1.95. The molecule has 8 heteroatoms. The fourth-order valence-corrected chi connectivity index (χ4v) is 0.771. The Bertz CT molecular complexity index is 55.5. The van der Waals surface area contributed by atoms with Crippen molar-refractivity contribution in [1.82, 2.24) is 0 Å². The molecule has 0 aliphatic heterocycles. The lowest BCUT2D eigenvalue weighted by Crippen LogP contribution is -1.91. The first-order valence-electron chi connectivity index (χ1n) is 1.57. The van der Waals surface area contributed by atoms with Crippen LogP contribution in [0.5, 0.6) is 0 Å². The summed E-state index contributed by atoms with van der Waals surface area (Å²) in [5.74, 6) is 0. The maximum absolute atomic E-state index is 11.5. The molecule has 0 aromatic rings. The zero-order valence-electron chi connectivity index (χ0n) is 3.80. The van der Waals surface area contributed by atoms with E-state index in [2.05, 4.69) is 0 Å². The topological polar surface area (TPSA) is 0 Å². The highest BCUT2D eigenvalue weighted by molar-refractivity contribution is 7.85. The Morgan fingerprint density at radius 3 is 0.889 bits per heavy atom. The smallest absolute Gasteiger partial charge is 0.413 e. The highest BCUT2D eigenvalue weighted by Gasteiger charge is 1.80. The maximum Gasteiger partial charge on any atom is -0.413 e. The van der Waals surface area contributed by atoms with Crippen LogP contribution in [0.3, 0.4) is 0 Å². The highest BCUT2D eigenvalue weighted by atomic mass is 31.3. The van der Waals surface area contributed by atoms with Gasteiger partial charge in [-0.25, -0.2) is 0 Å². The van der Waals surface area contributed by atoms with E-state index in [0.29, 0.717) is 0 Å². The Kier molecular flexibility index (Phi) is 5.96. The molecule has 0 spiro atoms. The quantitative estimate of drug-likeness (QED) is 0.458. The van der Waals surface area contributed by atoms with Crippen molar-refractivity contribution < 1.29 is 16.8 Å². The number of rotatable bonds is 4. The van der Waals surface area contributed by atoms with Crippen LogP contribution in [0.1, 0.15) is 0 Å². The van der Waals surface area contributed by atoms with Crippen LogP contribution in [0.25, 0.3) is 0 Å². The second-order valence-corrected chi connectivity index (χ2v) is 6.41. The van der Waals surface area contributed by atoms with Crippen molar-refractivity contribution in [2.24, 2.45) is 0 Å². The van der Waals surface area contributed by atoms with Crippen LogP contribution in [-0.4, -0.2) is 4.38 Å². The Balaban J connectivity index is 3.82.